The van der Waals surface area contributed by atoms with Gasteiger partial charge in [-0.15, -0.1) is 0 Å². The number of hydrogen-bond acceptors (Lipinski definition) is 1. The van der Waals surface area contributed by atoms with Crippen LogP contribution >= 0.6 is 0 Å². The Morgan fingerprint density at radius 1 is 0.871 bits per heavy atom. The van der Waals surface area contributed by atoms with Crippen molar-refractivity contribution in [1.29, 1.82) is 0 Å². The fourth-order valence-corrected chi connectivity index (χ4v) is 4.34. The lowest BCUT2D eigenvalue weighted by molar-refractivity contribution is 0.317. The highest BCUT2D eigenvalue weighted by atomic mass is 16.5. The molecule has 1 aliphatic rings. The number of unbranched alkanes of at least 4 members (excludes halogenated alkanes) is 2. The predicted octanol–water partition coefficient (Wildman–Crippen LogP) is 8.09. The van der Waals surface area contributed by atoms with Crippen molar-refractivity contribution in [3.8, 4) is 17.6 Å². The molecule has 1 aliphatic carbocycles. The molecule has 31 heavy (non-hydrogen) atoms. The van der Waals surface area contributed by atoms with Gasteiger partial charge in [0, 0.05) is 5.56 Å². The number of ether oxygens (including phenoxy) is 1. The maximum Gasteiger partial charge on any atom is 0.119 e. The van der Waals surface area contributed by atoms with Crippen molar-refractivity contribution < 1.29 is 4.74 Å². The van der Waals surface area contributed by atoms with Crippen LogP contribution in [0.4, 0.5) is 0 Å². The molecule has 0 spiro atoms. The van der Waals surface area contributed by atoms with Crippen LogP contribution in [-0.2, 0) is 6.42 Å². The van der Waals surface area contributed by atoms with Crippen molar-refractivity contribution in [3.05, 3.63) is 77.4 Å². The van der Waals surface area contributed by atoms with Gasteiger partial charge in [0.15, 0.2) is 0 Å². The van der Waals surface area contributed by atoms with E-state index < -0.39 is 0 Å². The number of aryl methyl sites for hydroxylation is 1. The van der Waals surface area contributed by atoms with E-state index in [2.05, 4.69) is 86.4 Å². The summed E-state index contributed by atoms with van der Waals surface area (Å²) in [6.45, 7) is 5.18. The molecular weight excluding hydrogens is 376 g/mol. The van der Waals surface area contributed by atoms with Gasteiger partial charge in [-0.25, -0.2) is 0 Å². The topological polar surface area (TPSA) is 9.23 Å². The van der Waals surface area contributed by atoms with Crippen LogP contribution in [0.2, 0.25) is 0 Å². The third kappa shape index (κ3) is 7.95. The molecule has 1 fully saturated rings. The van der Waals surface area contributed by atoms with Crippen LogP contribution in [0.1, 0.15) is 87.8 Å². The maximum atomic E-state index is 5.70. The van der Waals surface area contributed by atoms with Crippen molar-refractivity contribution >= 4 is 0 Å². The van der Waals surface area contributed by atoms with E-state index in [4.69, 9.17) is 4.74 Å². The average Bonchev–Trinajstić information content (AvgIpc) is 2.82. The lowest BCUT2D eigenvalue weighted by Crippen LogP contribution is -2.11. The molecule has 0 atom stereocenters. The summed E-state index contributed by atoms with van der Waals surface area (Å²) in [5.74, 6) is 8.87. The van der Waals surface area contributed by atoms with Gasteiger partial charge < -0.3 is 4.74 Å². The number of rotatable bonds is 9. The number of allylic oxidation sites excluding steroid dienone is 2. The zero-order valence-corrected chi connectivity index (χ0v) is 19.4. The van der Waals surface area contributed by atoms with E-state index in [9.17, 15) is 0 Å². The van der Waals surface area contributed by atoms with Crippen LogP contribution in [-0.4, -0.2) is 6.61 Å². The fraction of sp³-hybridized carbons (Fsp3) is 0.467. The molecule has 0 N–H and O–H groups in total. The third-order valence-electron chi connectivity index (χ3n) is 6.29. The quantitative estimate of drug-likeness (QED) is 0.297. The van der Waals surface area contributed by atoms with Crippen molar-refractivity contribution in [3.63, 3.8) is 0 Å². The highest BCUT2D eigenvalue weighted by Crippen LogP contribution is 2.36. The molecule has 164 valence electrons. The van der Waals surface area contributed by atoms with E-state index in [0.717, 1.165) is 24.3 Å². The van der Waals surface area contributed by atoms with Gasteiger partial charge >= 0.3 is 0 Å². The summed E-state index contributed by atoms with van der Waals surface area (Å²) < 4.78 is 5.70. The predicted molar refractivity (Wildman–Crippen MR) is 133 cm³/mol. The fourth-order valence-electron chi connectivity index (χ4n) is 4.34. The standard InChI is InChI=1S/C30H38O/c1-3-5-6-9-25-12-14-26(15-13-25)10-7-8-11-27-16-18-28(19-17-27)29-20-22-30(23-21-29)31-24-4-2/h8,11-15,20-23,27-28H,3-6,9,16-19,24H2,1-2H3/b11-8+. The molecule has 2 aromatic rings. The molecule has 0 heterocycles. The Kier molecular flexibility index (Phi) is 9.78. The van der Waals surface area contributed by atoms with Crippen LogP contribution in [0.3, 0.4) is 0 Å². The molecule has 1 nitrogen and oxygen atoms in total. The van der Waals surface area contributed by atoms with E-state index in [-0.39, 0.29) is 0 Å². The van der Waals surface area contributed by atoms with Crippen LogP contribution in [0.25, 0.3) is 0 Å². The SMILES string of the molecule is CCCCCc1ccc(C#C/C=C/C2CCC(c3ccc(OCCC)cc3)CC2)cc1. The Morgan fingerprint density at radius 2 is 1.61 bits per heavy atom. The highest BCUT2D eigenvalue weighted by molar-refractivity contribution is 5.38. The molecule has 2 aromatic carbocycles. The molecule has 0 unspecified atom stereocenters. The van der Waals surface area contributed by atoms with E-state index >= 15 is 0 Å². The lowest BCUT2D eigenvalue weighted by Gasteiger charge is -2.27. The van der Waals surface area contributed by atoms with Crippen molar-refractivity contribution in [2.75, 3.05) is 6.61 Å². The zero-order chi connectivity index (χ0) is 21.7. The first-order valence-electron chi connectivity index (χ1n) is 12.3. The molecule has 0 bridgehead atoms. The first kappa shape index (κ1) is 23.2. The van der Waals surface area contributed by atoms with E-state index in [1.165, 1.54) is 62.5 Å². The van der Waals surface area contributed by atoms with Gasteiger partial charge in [0.05, 0.1) is 6.61 Å². The van der Waals surface area contributed by atoms with Crippen molar-refractivity contribution in [2.24, 2.45) is 5.92 Å². The van der Waals surface area contributed by atoms with Gasteiger partial charge in [0.1, 0.15) is 5.75 Å². The summed E-state index contributed by atoms with van der Waals surface area (Å²) in [5.41, 5.74) is 4.00. The summed E-state index contributed by atoms with van der Waals surface area (Å²) in [6, 6.07) is 17.5. The van der Waals surface area contributed by atoms with E-state index in [0.29, 0.717) is 11.8 Å². The molecule has 0 radical (unpaired) electrons. The second-order valence-corrected chi connectivity index (χ2v) is 8.81. The summed E-state index contributed by atoms with van der Waals surface area (Å²) in [6.07, 6.45) is 15.5. The Hall–Kier alpha value is -2.46. The Bertz CT molecular complexity index is 840. The molecule has 3 rings (SSSR count). The molecule has 0 amide bonds. The first-order valence-corrected chi connectivity index (χ1v) is 12.3. The largest absolute Gasteiger partial charge is 0.494 e. The zero-order valence-electron chi connectivity index (χ0n) is 19.4. The average molecular weight is 415 g/mol. The minimum atomic E-state index is 0.665. The summed E-state index contributed by atoms with van der Waals surface area (Å²) in [5, 5.41) is 0. The monoisotopic (exact) mass is 414 g/mol. The highest BCUT2D eigenvalue weighted by Gasteiger charge is 2.20. The summed E-state index contributed by atoms with van der Waals surface area (Å²) >= 11 is 0. The van der Waals surface area contributed by atoms with Gasteiger partial charge in [0.2, 0.25) is 0 Å². The molecular formula is C30H38O. The van der Waals surface area contributed by atoms with Gasteiger partial charge in [-0.3, -0.25) is 0 Å². The second-order valence-electron chi connectivity index (χ2n) is 8.81. The number of benzene rings is 2. The van der Waals surface area contributed by atoms with Crippen LogP contribution in [0.15, 0.2) is 60.7 Å². The molecule has 0 aliphatic heterocycles. The van der Waals surface area contributed by atoms with Crippen molar-refractivity contribution in [1.82, 2.24) is 0 Å². The van der Waals surface area contributed by atoms with Crippen molar-refractivity contribution in [2.45, 2.75) is 77.6 Å². The maximum absolute atomic E-state index is 5.70. The smallest absolute Gasteiger partial charge is 0.119 e. The van der Waals surface area contributed by atoms with Gasteiger partial charge in [0.25, 0.3) is 0 Å². The lowest BCUT2D eigenvalue weighted by atomic mass is 9.78. The van der Waals surface area contributed by atoms with Gasteiger partial charge in [-0.2, -0.15) is 0 Å². The summed E-state index contributed by atoms with van der Waals surface area (Å²) in [7, 11) is 0. The normalized spacial score (nSPS) is 18.5. The first-order chi connectivity index (χ1) is 15.3. The van der Waals surface area contributed by atoms with Crippen LogP contribution < -0.4 is 4.74 Å². The summed E-state index contributed by atoms with van der Waals surface area (Å²) in [4.78, 5) is 0. The second kappa shape index (κ2) is 13.1. The third-order valence-corrected chi connectivity index (χ3v) is 6.29. The Balaban J connectivity index is 1.42. The van der Waals surface area contributed by atoms with E-state index in [1.807, 2.05) is 0 Å². The van der Waals surface area contributed by atoms with Gasteiger partial charge in [-0.05, 0) is 98.2 Å². The minimum absolute atomic E-state index is 0.665. The number of hydrogen-bond donors (Lipinski definition) is 0. The molecule has 0 aromatic heterocycles. The molecule has 0 saturated heterocycles. The van der Waals surface area contributed by atoms with Crippen LogP contribution in [0, 0.1) is 17.8 Å². The minimum Gasteiger partial charge on any atom is -0.494 e. The Morgan fingerprint density at radius 3 is 2.29 bits per heavy atom. The molecule has 1 heteroatoms. The van der Waals surface area contributed by atoms with E-state index in [1.54, 1.807) is 0 Å². The van der Waals surface area contributed by atoms with Crippen LogP contribution in [0.5, 0.6) is 5.75 Å². The Labute approximate surface area is 189 Å². The molecule has 1 saturated carbocycles. The van der Waals surface area contributed by atoms with Gasteiger partial charge in [-0.1, -0.05) is 68.9 Å².